The van der Waals surface area contributed by atoms with Gasteiger partial charge in [-0.1, -0.05) is 6.92 Å². The summed E-state index contributed by atoms with van der Waals surface area (Å²) in [5.74, 6) is -0.594. The molecule has 18 heavy (non-hydrogen) atoms. The highest BCUT2D eigenvalue weighted by Crippen LogP contribution is 2.29. The lowest BCUT2D eigenvalue weighted by Crippen LogP contribution is -2.49. The van der Waals surface area contributed by atoms with E-state index in [-0.39, 0.29) is 12.0 Å². The molecule has 1 heterocycles. The molecule has 0 saturated carbocycles. The van der Waals surface area contributed by atoms with Crippen LogP contribution in [0, 0.1) is 5.41 Å². The molecule has 0 bridgehead atoms. The number of likely N-dealkylation sites (tertiary alicyclic amines) is 1. The third kappa shape index (κ3) is 4.23. The van der Waals surface area contributed by atoms with E-state index in [0.717, 1.165) is 32.5 Å². The molecule has 0 aliphatic carbocycles. The molecule has 1 aliphatic heterocycles. The summed E-state index contributed by atoms with van der Waals surface area (Å²) >= 11 is 0. The first-order valence-corrected chi connectivity index (χ1v) is 6.49. The molecule has 2 N–H and O–H groups in total. The van der Waals surface area contributed by atoms with Gasteiger partial charge in [0.05, 0.1) is 7.11 Å². The van der Waals surface area contributed by atoms with Crippen molar-refractivity contribution in [2.45, 2.75) is 32.3 Å². The summed E-state index contributed by atoms with van der Waals surface area (Å²) in [5, 5.41) is 13.1. The number of aliphatic hydroxyl groups is 1. The van der Waals surface area contributed by atoms with Crippen LogP contribution >= 0.6 is 0 Å². The molecule has 5 nitrogen and oxygen atoms in total. The number of rotatable bonds is 5. The van der Waals surface area contributed by atoms with Crippen LogP contribution in [0.2, 0.25) is 0 Å². The fourth-order valence-electron chi connectivity index (χ4n) is 2.23. The Kier molecular flexibility index (Phi) is 5.13. The Bertz CT molecular complexity index is 284. The first-order chi connectivity index (χ1) is 8.29. The van der Waals surface area contributed by atoms with Crippen molar-refractivity contribution in [1.82, 2.24) is 10.2 Å². The summed E-state index contributed by atoms with van der Waals surface area (Å²) in [6.45, 7) is 6.97. The zero-order valence-corrected chi connectivity index (χ0v) is 12.0. The molecule has 1 fully saturated rings. The summed E-state index contributed by atoms with van der Waals surface area (Å²) in [6.07, 6.45) is 2.27. The molecule has 0 radical (unpaired) electrons. The number of esters is 1. The second-order valence-electron chi connectivity index (χ2n) is 5.98. The summed E-state index contributed by atoms with van der Waals surface area (Å²) in [5.41, 5.74) is -1.20. The Morgan fingerprint density at radius 2 is 2.06 bits per heavy atom. The van der Waals surface area contributed by atoms with E-state index in [0.29, 0.717) is 0 Å². The van der Waals surface area contributed by atoms with Crippen LogP contribution in [0.3, 0.4) is 0 Å². The van der Waals surface area contributed by atoms with Crippen molar-refractivity contribution in [1.29, 1.82) is 0 Å². The third-order valence-corrected chi connectivity index (χ3v) is 3.84. The maximum absolute atomic E-state index is 11.3. The van der Waals surface area contributed by atoms with E-state index in [9.17, 15) is 9.90 Å². The number of carbonyl (C=O) groups excluding carboxylic acids is 1. The number of methoxy groups -OCH3 is 1. The molecule has 1 saturated heterocycles. The number of hydrogen-bond acceptors (Lipinski definition) is 5. The van der Waals surface area contributed by atoms with E-state index in [1.165, 1.54) is 14.0 Å². The topological polar surface area (TPSA) is 61.8 Å². The van der Waals surface area contributed by atoms with Gasteiger partial charge in [-0.15, -0.1) is 0 Å². The fraction of sp³-hybridized carbons (Fsp3) is 0.923. The lowest BCUT2D eigenvalue weighted by molar-refractivity contribution is -0.160. The third-order valence-electron chi connectivity index (χ3n) is 3.84. The van der Waals surface area contributed by atoms with Gasteiger partial charge in [0, 0.05) is 13.1 Å². The SMILES string of the molecule is COC(=O)C(C)(O)CNCC1(C)CCN(C)CC1. The van der Waals surface area contributed by atoms with Gasteiger partial charge in [-0.25, -0.2) is 4.79 Å². The van der Waals surface area contributed by atoms with Crippen LogP contribution in [-0.2, 0) is 9.53 Å². The van der Waals surface area contributed by atoms with Crippen molar-refractivity contribution in [3.05, 3.63) is 0 Å². The smallest absolute Gasteiger partial charge is 0.338 e. The normalized spacial score (nSPS) is 23.4. The standard InChI is InChI=1S/C13H26N2O3/c1-12(5-7-15(3)8-6-12)9-14-10-13(2,17)11(16)18-4/h14,17H,5-10H2,1-4H3. The summed E-state index contributed by atoms with van der Waals surface area (Å²) in [4.78, 5) is 13.6. The average molecular weight is 258 g/mol. The molecule has 1 aliphatic rings. The number of nitrogens with one attached hydrogen (secondary N) is 1. The van der Waals surface area contributed by atoms with E-state index in [1.54, 1.807) is 0 Å². The largest absolute Gasteiger partial charge is 0.467 e. The molecule has 106 valence electrons. The lowest BCUT2D eigenvalue weighted by atomic mass is 9.80. The van der Waals surface area contributed by atoms with Gasteiger partial charge in [0.15, 0.2) is 5.60 Å². The van der Waals surface area contributed by atoms with Gasteiger partial charge in [-0.05, 0) is 45.3 Å². The lowest BCUT2D eigenvalue weighted by Gasteiger charge is -2.38. The zero-order valence-electron chi connectivity index (χ0n) is 12.0. The Morgan fingerprint density at radius 1 is 1.50 bits per heavy atom. The van der Waals surface area contributed by atoms with Crippen LogP contribution in [0.25, 0.3) is 0 Å². The van der Waals surface area contributed by atoms with Crippen molar-refractivity contribution in [2.24, 2.45) is 5.41 Å². The van der Waals surface area contributed by atoms with Crippen molar-refractivity contribution in [2.75, 3.05) is 40.3 Å². The van der Waals surface area contributed by atoms with Crippen LogP contribution in [0.4, 0.5) is 0 Å². The zero-order chi connectivity index (χ0) is 13.8. The Balaban J connectivity index is 2.35. The van der Waals surface area contributed by atoms with Crippen LogP contribution in [0.1, 0.15) is 26.7 Å². The molecule has 0 amide bonds. The van der Waals surface area contributed by atoms with Crippen molar-refractivity contribution >= 4 is 5.97 Å². The van der Waals surface area contributed by atoms with Crippen LogP contribution in [-0.4, -0.2) is 61.9 Å². The predicted octanol–water partition coefficient (Wildman–Crippen LogP) is 0.232. The Labute approximate surface area is 109 Å². The molecule has 0 aromatic carbocycles. The van der Waals surface area contributed by atoms with Gasteiger partial charge in [-0.2, -0.15) is 0 Å². The van der Waals surface area contributed by atoms with Gasteiger partial charge >= 0.3 is 5.97 Å². The Morgan fingerprint density at radius 3 is 2.56 bits per heavy atom. The van der Waals surface area contributed by atoms with Crippen LogP contribution < -0.4 is 5.32 Å². The van der Waals surface area contributed by atoms with Gasteiger partial charge in [-0.3, -0.25) is 0 Å². The van der Waals surface area contributed by atoms with Crippen LogP contribution in [0.5, 0.6) is 0 Å². The number of ether oxygens (including phenoxy) is 1. The maximum atomic E-state index is 11.3. The van der Waals surface area contributed by atoms with E-state index in [1.807, 2.05) is 0 Å². The molecular weight excluding hydrogens is 232 g/mol. The van der Waals surface area contributed by atoms with Crippen molar-refractivity contribution in [3.8, 4) is 0 Å². The highest BCUT2D eigenvalue weighted by atomic mass is 16.5. The molecule has 0 aromatic rings. The first-order valence-electron chi connectivity index (χ1n) is 6.49. The van der Waals surface area contributed by atoms with E-state index in [2.05, 4.69) is 28.9 Å². The molecule has 1 unspecified atom stereocenters. The van der Waals surface area contributed by atoms with Gasteiger partial charge in [0.25, 0.3) is 0 Å². The second kappa shape index (κ2) is 5.99. The molecule has 1 atom stereocenters. The van der Waals surface area contributed by atoms with E-state index in [4.69, 9.17) is 0 Å². The van der Waals surface area contributed by atoms with Gasteiger partial charge < -0.3 is 20.1 Å². The van der Waals surface area contributed by atoms with Crippen molar-refractivity contribution in [3.63, 3.8) is 0 Å². The summed E-state index contributed by atoms with van der Waals surface area (Å²) in [7, 11) is 3.42. The molecular formula is C13H26N2O3. The Hall–Kier alpha value is -0.650. The second-order valence-corrected chi connectivity index (χ2v) is 5.98. The molecule has 5 heteroatoms. The number of piperidine rings is 1. The first kappa shape index (κ1) is 15.4. The highest BCUT2D eigenvalue weighted by molar-refractivity contribution is 5.78. The molecule has 0 spiro atoms. The van der Waals surface area contributed by atoms with Gasteiger partial charge in [0.2, 0.25) is 0 Å². The van der Waals surface area contributed by atoms with Crippen LogP contribution in [0.15, 0.2) is 0 Å². The summed E-state index contributed by atoms with van der Waals surface area (Å²) < 4.78 is 4.56. The van der Waals surface area contributed by atoms with Crippen molar-refractivity contribution < 1.29 is 14.6 Å². The predicted molar refractivity (Wildman–Crippen MR) is 70.3 cm³/mol. The molecule has 1 rings (SSSR count). The number of nitrogens with zero attached hydrogens (tertiary/aromatic N) is 1. The minimum absolute atomic E-state index is 0.227. The highest BCUT2D eigenvalue weighted by Gasteiger charge is 2.33. The maximum Gasteiger partial charge on any atom is 0.338 e. The van der Waals surface area contributed by atoms with E-state index < -0.39 is 11.6 Å². The number of carbonyl (C=O) groups is 1. The quantitative estimate of drug-likeness (QED) is 0.691. The minimum atomic E-state index is -1.45. The van der Waals surface area contributed by atoms with E-state index >= 15 is 0 Å². The fourth-order valence-corrected chi connectivity index (χ4v) is 2.23. The van der Waals surface area contributed by atoms with Gasteiger partial charge in [0.1, 0.15) is 0 Å². The average Bonchev–Trinajstić information content (AvgIpc) is 2.32. The molecule has 0 aromatic heterocycles. The monoisotopic (exact) mass is 258 g/mol. The number of hydrogen-bond donors (Lipinski definition) is 2. The minimum Gasteiger partial charge on any atom is -0.467 e. The summed E-state index contributed by atoms with van der Waals surface area (Å²) in [6, 6.07) is 0.